The second kappa shape index (κ2) is 12.0. The van der Waals surface area contributed by atoms with Crippen molar-refractivity contribution in [2.45, 2.75) is 51.1 Å². The van der Waals surface area contributed by atoms with Gasteiger partial charge in [0.15, 0.2) is 17.5 Å². The molecule has 1 unspecified atom stereocenters. The average molecular weight is 419 g/mol. The molecule has 1 aromatic rings. The first-order valence-corrected chi connectivity index (χ1v) is 11.3. The van der Waals surface area contributed by atoms with Gasteiger partial charge in [-0.05, 0) is 37.5 Å². The van der Waals surface area contributed by atoms with Crippen molar-refractivity contribution < 1.29 is 14.2 Å². The number of rotatable bonds is 8. The summed E-state index contributed by atoms with van der Waals surface area (Å²) in [5.74, 6) is 2.42. The van der Waals surface area contributed by atoms with Gasteiger partial charge in [0, 0.05) is 25.7 Å². The summed E-state index contributed by atoms with van der Waals surface area (Å²) in [4.78, 5) is 7.45. The summed E-state index contributed by atoms with van der Waals surface area (Å²) in [5.41, 5.74) is 1.19. The lowest BCUT2D eigenvalue weighted by atomic mass is 9.96. The van der Waals surface area contributed by atoms with E-state index in [1.54, 1.807) is 14.2 Å². The Morgan fingerprint density at radius 1 is 1.13 bits per heavy atom. The van der Waals surface area contributed by atoms with Gasteiger partial charge in [0.25, 0.3) is 0 Å². The van der Waals surface area contributed by atoms with Crippen LogP contribution < -0.4 is 20.1 Å². The predicted molar refractivity (Wildman–Crippen MR) is 121 cm³/mol. The number of hydrogen-bond donors (Lipinski definition) is 2. The number of nitrogens with one attached hydrogen (secondary N) is 2. The first-order chi connectivity index (χ1) is 14.7. The summed E-state index contributed by atoms with van der Waals surface area (Å²) in [6.45, 7) is 6.98. The van der Waals surface area contributed by atoms with Gasteiger partial charge in [0.05, 0.1) is 40.0 Å². The summed E-state index contributed by atoms with van der Waals surface area (Å²) in [5, 5.41) is 7.09. The van der Waals surface area contributed by atoms with Gasteiger partial charge in [-0.3, -0.25) is 9.89 Å². The van der Waals surface area contributed by atoms with E-state index < -0.39 is 0 Å². The molecule has 0 radical (unpaired) electrons. The molecule has 3 rings (SSSR count). The van der Waals surface area contributed by atoms with Gasteiger partial charge in [-0.25, -0.2) is 0 Å². The number of guanidine groups is 1. The molecule has 1 aromatic carbocycles. The smallest absolute Gasteiger partial charge is 0.191 e. The van der Waals surface area contributed by atoms with Crippen molar-refractivity contribution in [3.8, 4) is 11.5 Å². The number of benzene rings is 1. The lowest BCUT2D eigenvalue weighted by molar-refractivity contribution is 0.0179. The maximum absolute atomic E-state index is 5.58. The van der Waals surface area contributed by atoms with Crippen LogP contribution in [0.4, 0.5) is 0 Å². The van der Waals surface area contributed by atoms with Crippen molar-refractivity contribution in [1.29, 1.82) is 0 Å². The van der Waals surface area contributed by atoms with Crippen LogP contribution in [0.25, 0.3) is 0 Å². The lowest BCUT2D eigenvalue weighted by Gasteiger charge is -2.34. The Labute approximate surface area is 181 Å². The number of morpholine rings is 1. The molecule has 2 N–H and O–H groups in total. The topological polar surface area (TPSA) is 67.4 Å². The van der Waals surface area contributed by atoms with Crippen molar-refractivity contribution in [2.75, 3.05) is 53.6 Å². The molecule has 1 aliphatic carbocycles. The van der Waals surface area contributed by atoms with Crippen LogP contribution in [0.5, 0.6) is 11.5 Å². The molecule has 0 aromatic heterocycles. The Hall–Kier alpha value is -1.99. The molecule has 1 heterocycles. The summed E-state index contributed by atoms with van der Waals surface area (Å²) in [6.07, 6.45) is 6.42. The van der Waals surface area contributed by atoms with E-state index >= 15 is 0 Å². The molecule has 30 heavy (non-hydrogen) atoms. The minimum absolute atomic E-state index is 0.163. The maximum atomic E-state index is 5.58. The molecular weight excluding hydrogens is 380 g/mol. The van der Waals surface area contributed by atoms with E-state index in [1.807, 2.05) is 6.07 Å². The minimum atomic E-state index is 0.163. The highest BCUT2D eigenvalue weighted by Gasteiger charge is 2.24. The summed E-state index contributed by atoms with van der Waals surface area (Å²) in [6, 6.07) is 6.88. The Kier molecular flexibility index (Phi) is 9.08. The zero-order valence-corrected chi connectivity index (χ0v) is 18.8. The quantitative estimate of drug-likeness (QED) is 0.500. The van der Waals surface area contributed by atoms with Crippen LogP contribution in [0.3, 0.4) is 0 Å². The van der Waals surface area contributed by atoms with Gasteiger partial charge in [-0.15, -0.1) is 0 Å². The van der Waals surface area contributed by atoms with Crippen LogP contribution in [0.1, 0.15) is 50.6 Å². The predicted octanol–water partition coefficient (Wildman–Crippen LogP) is 2.96. The SMILES string of the molecule is CCNC(=NCC(c1ccc(OC)c(OC)c1)N1CCOCC1)NC1CCCCC1. The standard InChI is InChI=1S/C23H38N4O3/c1-4-24-23(26-19-8-6-5-7-9-19)25-17-20(27-12-14-30-15-13-27)18-10-11-21(28-2)22(16-18)29-3/h10-11,16,19-20H,4-9,12-15,17H2,1-3H3,(H2,24,25,26). The van der Waals surface area contributed by atoms with Gasteiger partial charge in [0.2, 0.25) is 0 Å². The number of aliphatic imine (C=N–C) groups is 1. The Balaban J connectivity index is 1.79. The minimum Gasteiger partial charge on any atom is -0.493 e. The fourth-order valence-electron chi connectivity index (χ4n) is 4.32. The molecule has 7 heteroatoms. The second-order valence-corrected chi connectivity index (χ2v) is 7.98. The highest BCUT2D eigenvalue weighted by atomic mass is 16.5. The van der Waals surface area contributed by atoms with E-state index in [4.69, 9.17) is 19.2 Å². The third-order valence-corrected chi connectivity index (χ3v) is 5.99. The van der Waals surface area contributed by atoms with E-state index in [0.29, 0.717) is 12.6 Å². The van der Waals surface area contributed by atoms with Crippen LogP contribution in [-0.2, 0) is 4.74 Å². The van der Waals surface area contributed by atoms with Gasteiger partial charge < -0.3 is 24.8 Å². The Morgan fingerprint density at radius 2 is 1.87 bits per heavy atom. The largest absolute Gasteiger partial charge is 0.493 e. The lowest BCUT2D eigenvalue weighted by Crippen LogP contribution is -2.45. The number of hydrogen-bond acceptors (Lipinski definition) is 5. The van der Waals surface area contributed by atoms with E-state index in [1.165, 1.54) is 37.7 Å². The highest BCUT2D eigenvalue weighted by Crippen LogP contribution is 2.32. The second-order valence-electron chi connectivity index (χ2n) is 7.98. The summed E-state index contributed by atoms with van der Waals surface area (Å²) < 4.78 is 16.6. The molecule has 1 atom stereocenters. The molecule has 0 bridgehead atoms. The molecule has 1 saturated heterocycles. The third kappa shape index (κ3) is 6.25. The first kappa shape index (κ1) is 22.7. The van der Waals surface area contributed by atoms with Gasteiger partial charge in [-0.1, -0.05) is 25.3 Å². The molecule has 2 fully saturated rings. The van der Waals surface area contributed by atoms with Crippen molar-refractivity contribution in [2.24, 2.45) is 4.99 Å². The van der Waals surface area contributed by atoms with Crippen LogP contribution in [0.15, 0.2) is 23.2 Å². The van der Waals surface area contributed by atoms with Gasteiger partial charge >= 0.3 is 0 Å². The van der Waals surface area contributed by atoms with Gasteiger partial charge in [0.1, 0.15) is 0 Å². The first-order valence-electron chi connectivity index (χ1n) is 11.3. The van der Waals surface area contributed by atoms with E-state index in [-0.39, 0.29) is 6.04 Å². The molecule has 0 spiro atoms. The Bertz CT molecular complexity index is 670. The van der Waals surface area contributed by atoms with E-state index in [9.17, 15) is 0 Å². The molecule has 0 amide bonds. The number of ether oxygens (including phenoxy) is 3. The molecule has 2 aliphatic rings. The fraction of sp³-hybridized carbons (Fsp3) is 0.696. The highest BCUT2D eigenvalue weighted by molar-refractivity contribution is 5.80. The molecule has 168 valence electrons. The molecule has 1 aliphatic heterocycles. The zero-order valence-electron chi connectivity index (χ0n) is 18.8. The summed E-state index contributed by atoms with van der Waals surface area (Å²) >= 11 is 0. The Morgan fingerprint density at radius 3 is 2.53 bits per heavy atom. The van der Waals surface area contributed by atoms with Crippen molar-refractivity contribution >= 4 is 5.96 Å². The van der Waals surface area contributed by atoms with Gasteiger partial charge in [-0.2, -0.15) is 0 Å². The molecule has 1 saturated carbocycles. The number of methoxy groups -OCH3 is 2. The van der Waals surface area contributed by atoms with Crippen molar-refractivity contribution in [3.63, 3.8) is 0 Å². The number of nitrogens with zero attached hydrogens (tertiary/aromatic N) is 2. The zero-order chi connectivity index (χ0) is 21.2. The average Bonchev–Trinajstić information content (AvgIpc) is 2.80. The normalized spacial score (nSPS) is 19.9. The molecule has 7 nitrogen and oxygen atoms in total. The van der Waals surface area contributed by atoms with Crippen LogP contribution in [0, 0.1) is 0 Å². The van der Waals surface area contributed by atoms with Crippen LogP contribution in [0.2, 0.25) is 0 Å². The van der Waals surface area contributed by atoms with Crippen LogP contribution in [-0.4, -0.2) is 70.5 Å². The van der Waals surface area contributed by atoms with Crippen LogP contribution >= 0.6 is 0 Å². The molecular formula is C23H38N4O3. The van der Waals surface area contributed by atoms with E-state index in [2.05, 4.69) is 34.6 Å². The van der Waals surface area contributed by atoms with E-state index in [0.717, 1.165) is 50.3 Å². The summed E-state index contributed by atoms with van der Waals surface area (Å²) in [7, 11) is 3.35. The third-order valence-electron chi connectivity index (χ3n) is 5.99. The van der Waals surface area contributed by atoms with Crippen molar-refractivity contribution in [3.05, 3.63) is 23.8 Å². The fourth-order valence-corrected chi connectivity index (χ4v) is 4.32. The monoisotopic (exact) mass is 418 g/mol. The van der Waals surface area contributed by atoms with Crippen molar-refractivity contribution in [1.82, 2.24) is 15.5 Å². The maximum Gasteiger partial charge on any atom is 0.191 e.